The number of hydrogen-bond donors (Lipinski definition) is 1. The molecule has 0 aliphatic rings. The molecular weight excluding hydrogens is 240 g/mol. The number of nitrogens with zero attached hydrogens (tertiary/aromatic N) is 3. The summed E-state index contributed by atoms with van der Waals surface area (Å²) < 4.78 is 3.91. The molecule has 0 aliphatic heterocycles. The van der Waals surface area contributed by atoms with Crippen molar-refractivity contribution in [2.45, 2.75) is 26.3 Å². The Morgan fingerprint density at radius 2 is 2.31 bits per heavy atom. The summed E-state index contributed by atoms with van der Waals surface area (Å²) in [6.45, 7) is 5.05. The fraction of sp³-hybridized carbons (Fsp3) is 0.500. The molecule has 16 heavy (non-hydrogen) atoms. The Morgan fingerprint density at radius 3 is 2.88 bits per heavy atom. The fourth-order valence-corrected chi connectivity index (χ4v) is 2.70. The average Bonchev–Trinajstić information content (AvgIpc) is 2.88. The minimum absolute atomic E-state index is 0.227. The van der Waals surface area contributed by atoms with Crippen molar-refractivity contribution in [2.75, 3.05) is 6.54 Å². The molecule has 0 radical (unpaired) electrons. The molecule has 0 amide bonds. The van der Waals surface area contributed by atoms with Gasteiger partial charge in [-0.25, -0.2) is 4.98 Å². The zero-order valence-electron chi connectivity index (χ0n) is 9.30. The summed E-state index contributed by atoms with van der Waals surface area (Å²) in [5.74, 6) is 0. The third-order valence-electron chi connectivity index (χ3n) is 2.26. The molecule has 0 spiro atoms. The van der Waals surface area contributed by atoms with Crippen molar-refractivity contribution in [3.05, 3.63) is 27.2 Å². The molecule has 0 bridgehead atoms. The van der Waals surface area contributed by atoms with Crippen molar-refractivity contribution >= 4 is 22.9 Å². The van der Waals surface area contributed by atoms with Crippen LogP contribution in [0.1, 0.15) is 29.4 Å². The number of thiazole rings is 1. The number of likely N-dealkylation sites (N-methyl/N-ethyl adjacent to an activating group) is 1. The summed E-state index contributed by atoms with van der Waals surface area (Å²) in [4.78, 5) is 4.48. The van der Waals surface area contributed by atoms with Gasteiger partial charge in [-0.3, -0.25) is 0 Å². The van der Waals surface area contributed by atoms with Gasteiger partial charge in [-0.15, -0.1) is 16.4 Å². The summed E-state index contributed by atoms with van der Waals surface area (Å²) in [7, 11) is 0. The molecule has 86 valence electrons. The Morgan fingerprint density at radius 1 is 1.44 bits per heavy atom. The number of rotatable bonds is 5. The largest absolute Gasteiger partial charge is 0.308 e. The Labute approximate surface area is 103 Å². The monoisotopic (exact) mass is 254 g/mol. The molecule has 2 rings (SSSR count). The van der Waals surface area contributed by atoms with E-state index in [1.165, 1.54) is 11.5 Å². The average molecular weight is 254 g/mol. The van der Waals surface area contributed by atoms with Crippen LogP contribution in [0.5, 0.6) is 0 Å². The lowest BCUT2D eigenvalue weighted by atomic mass is 10.1. The van der Waals surface area contributed by atoms with Crippen LogP contribution in [0.4, 0.5) is 0 Å². The Kier molecular flexibility index (Phi) is 3.98. The normalized spacial score (nSPS) is 12.9. The van der Waals surface area contributed by atoms with Crippen LogP contribution in [0.25, 0.3) is 0 Å². The van der Waals surface area contributed by atoms with E-state index in [1.54, 1.807) is 11.3 Å². The maximum atomic E-state index is 4.48. The molecule has 0 saturated heterocycles. The third-order valence-corrected chi connectivity index (χ3v) is 3.61. The first-order valence-corrected chi connectivity index (χ1v) is 6.92. The van der Waals surface area contributed by atoms with Gasteiger partial charge in [0.15, 0.2) is 0 Å². The highest BCUT2D eigenvalue weighted by Gasteiger charge is 2.15. The lowest BCUT2D eigenvalue weighted by Gasteiger charge is -2.13. The van der Waals surface area contributed by atoms with E-state index in [9.17, 15) is 0 Å². The van der Waals surface area contributed by atoms with Crippen molar-refractivity contribution in [3.63, 3.8) is 0 Å². The zero-order chi connectivity index (χ0) is 11.4. The highest BCUT2D eigenvalue weighted by molar-refractivity contribution is 7.09. The third kappa shape index (κ3) is 2.84. The summed E-state index contributed by atoms with van der Waals surface area (Å²) in [6, 6.07) is 0.227. The smallest absolute Gasteiger partial charge is 0.0928 e. The molecule has 0 fully saturated rings. The zero-order valence-corrected chi connectivity index (χ0v) is 10.9. The Bertz CT molecular complexity index is 424. The maximum absolute atomic E-state index is 4.48. The standard InChI is InChI=1S/C10H14N4S2/c1-3-11-9(10-6-16-14-13-10)4-8-5-15-7(2)12-8/h5-6,9,11H,3-4H2,1-2H3. The highest BCUT2D eigenvalue weighted by Crippen LogP contribution is 2.18. The number of aryl methyl sites for hydroxylation is 1. The van der Waals surface area contributed by atoms with E-state index in [-0.39, 0.29) is 6.04 Å². The van der Waals surface area contributed by atoms with Crippen LogP contribution >= 0.6 is 22.9 Å². The van der Waals surface area contributed by atoms with Gasteiger partial charge in [-0.1, -0.05) is 11.4 Å². The van der Waals surface area contributed by atoms with Crippen molar-refractivity contribution in [3.8, 4) is 0 Å². The van der Waals surface area contributed by atoms with Crippen molar-refractivity contribution in [1.29, 1.82) is 0 Å². The van der Waals surface area contributed by atoms with Gasteiger partial charge in [0.1, 0.15) is 0 Å². The van der Waals surface area contributed by atoms with Crippen LogP contribution in [0.15, 0.2) is 10.8 Å². The SMILES string of the molecule is CCNC(Cc1csc(C)n1)c1csnn1. The molecule has 6 heteroatoms. The van der Waals surface area contributed by atoms with Crippen molar-refractivity contribution in [1.82, 2.24) is 19.9 Å². The minimum Gasteiger partial charge on any atom is -0.308 e. The van der Waals surface area contributed by atoms with Crippen LogP contribution in [0.2, 0.25) is 0 Å². The maximum Gasteiger partial charge on any atom is 0.0928 e. The number of aromatic nitrogens is 3. The van der Waals surface area contributed by atoms with Crippen molar-refractivity contribution in [2.24, 2.45) is 0 Å². The van der Waals surface area contributed by atoms with Gasteiger partial charge >= 0.3 is 0 Å². The van der Waals surface area contributed by atoms with Gasteiger partial charge in [-0.2, -0.15) is 0 Å². The van der Waals surface area contributed by atoms with E-state index in [0.29, 0.717) is 0 Å². The molecule has 1 atom stereocenters. The second kappa shape index (κ2) is 5.47. The van der Waals surface area contributed by atoms with E-state index < -0.39 is 0 Å². The van der Waals surface area contributed by atoms with Gasteiger partial charge in [-0.05, 0) is 25.0 Å². The quantitative estimate of drug-likeness (QED) is 0.888. The highest BCUT2D eigenvalue weighted by atomic mass is 32.1. The molecule has 1 N–H and O–H groups in total. The molecule has 0 aromatic carbocycles. The predicted molar refractivity (Wildman–Crippen MR) is 66.9 cm³/mol. The van der Waals surface area contributed by atoms with E-state index in [2.05, 4.69) is 32.2 Å². The van der Waals surface area contributed by atoms with E-state index in [0.717, 1.165) is 29.4 Å². The second-order valence-electron chi connectivity index (χ2n) is 3.50. The topological polar surface area (TPSA) is 50.7 Å². The van der Waals surface area contributed by atoms with Crippen LogP contribution in [-0.4, -0.2) is 21.1 Å². The van der Waals surface area contributed by atoms with Gasteiger partial charge in [0, 0.05) is 17.2 Å². The first-order valence-electron chi connectivity index (χ1n) is 5.21. The van der Waals surface area contributed by atoms with Crippen molar-refractivity contribution < 1.29 is 0 Å². The number of hydrogen-bond acceptors (Lipinski definition) is 6. The van der Waals surface area contributed by atoms with Crippen LogP contribution in [-0.2, 0) is 6.42 Å². The molecule has 0 aliphatic carbocycles. The molecule has 2 heterocycles. The lowest BCUT2D eigenvalue weighted by molar-refractivity contribution is 0.531. The molecule has 4 nitrogen and oxygen atoms in total. The predicted octanol–water partition coefficient (Wildman–Crippen LogP) is 2.20. The van der Waals surface area contributed by atoms with Crippen LogP contribution in [0.3, 0.4) is 0 Å². The summed E-state index contributed by atoms with van der Waals surface area (Å²) in [5.41, 5.74) is 2.14. The summed E-state index contributed by atoms with van der Waals surface area (Å²) >= 11 is 3.08. The second-order valence-corrected chi connectivity index (χ2v) is 5.17. The first-order chi connectivity index (χ1) is 7.79. The molecule has 2 aromatic rings. The molecule has 1 unspecified atom stereocenters. The lowest BCUT2D eigenvalue weighted by Crippen LogP contribution is -2.23. The summed E-state index contributed by atoms with van der Waals surface area (Å²) in [6.07, 6.45) is 0.879. The van der Waals surface area contributed by atoms with Crippen LogP contribution in [0, 0.1) is 6.92 Å². The van der Waals surface area contributed by atoms with E-state index in [1.807, 2.05) is 12.3 Å². The number of nitrogens with one attached hydrogen (secondary N) is 1. The van der Waals surface area contributed by atoms with Gasteiger partial charge < -0.3 is 5.32 Å². The first kappa shape index (κ1) is 11.6. The minimum atomic E-state index is 0.227. The fourth-order valence-electron chi connectivity index (χ4n) is 1.56. The molecular formula is C10H14N4S2. The van der Waals surface area contributed by atoms with Gasteiger partial charge in [0.2, 0.25) is 0 Å². The van der Waals surface area contributed by atoms with E-state index >= 15 is 0 Å². The molecule has 0 saturated carbocycles. The van der Waals surface area contributed by atoms with Gasteiger partial charge in [0.05, 0.1) is 22.4 Å². The van der Waals surface area contributed by atoms with Crippen LogP contribution < -0.4 is 5.32 Å². The van der Waals surface area contributed by atoms with E-state index in [4.69, 9.17) is 0 Å². The molecule has 2 aromatic heterocycles. The Hall–Kier alpha value is -0.850. The Balaban J connectivity index is 2.09. The van der Waals surface area contributed by atoms with Gasteiger partial charge in [0.25, 0.3) is 0 Å². The summed E-state index contributed by atoms with van der Waals surface area (Å²) in [5, 5.41) is 12.7.